The first kappa shape index (κ1) is 15.2. The van der Waals surface area contributed by atoms with Crippen LogP contribution in [0.5, 0.6) is 0 Å². The molecule has 2 amide bonds. The van der Waals surface area contributed by atoms with Crippen LogP contribution in [0.3, 0.4) is 0 Å². The van der Waals surface area contributed by atoms with Gasteiger partial charge in [0.05, 0.1) is 0 Å². The summed E-state index contributed by atoms with van der Waals surface area (Å²) < 4.78 is 0. The maximum atomic E-state index is 12.0. The van der Waals surface area contributed by atoms with Crippen LogP contribution in [-0.2, 0) is 0 Å². The first-order valence-electron chi connectivity index (χ1n) is 6.17. The summed E-state index contributed by atoms with van der Waals surface area (Å²) in [7, 11) is 5.67. The number of nitrogens with zero attached hydrogens (tertiary/aromatic N) is 2. The number of carbonyl (C=O) groups excluding carboxylic acids is 2. The molecule has 19 heavy (non-hydrogen) atoms. The van der Waals surface area contributed by atoms with Gasteiger partial charge >= 0.3 is 6.03 Å². The van der Waals surface area contributed by atoms with Crippen LogP contribution in [0.2, 0.25) is 0 Å². The fraction of sp³-hybridized carbons (Fsp3) is 0.429. The lowest BCUT2D eigenvalue weighted by Crippen LogP contribution is -2.36. The van der Waals surface area contributed by atoms with Crippen LogP contribution in [0.25, 0.3) is 0 Å². The number of aldehydes is 1. The topological polar surface area (TPSA) is 52.7 Å². The third-order valence-electron chi connectivity index (χ3n) is 2.97. The minimum atomic E-state index is -0.173. The molecule has 104 valence electrons. The quantitative estimate of drug-likeness (QED) is 0.825. The zero-order chi connectivity index (χ0) is 14.4. The summed E-state index contributed by atoms with van der Waals surface area (Å²) >= 11 is 0. The number of benzene rings is 1. The Labute approximate surface area is 114 Å². The van der Waals surface area contributed by atoms with Gasteiger partial charge in [0.15, 0.2) is 0 Å². The SMILES string of the molecule is Cc1c(C=O)cccc1NC(=O)N(C)CCN(C)C. The summed E-state index contributed by atoms with van der Waals surface area (Å²) in [5, 5.41) is 2.82. The van der Waals surface area contributed by atoms with Crippen LogP contribution in [-0.4, -0.2) is 56.3 Å². The number of anilines is 1. The van der Waals surface area contributed by atoms with E-state index < -0.39 is 0 Å². The molecule has 0 aliphatic heterocycles. The Kier molecular flexibility index (Phi) is 5.51. The molecule has 0 aliphatic rings. The molecule has 0 aromatic heterocycles. The van der Waals surface area contributed by atoms with Gasteiger partial charge in [0, 0.05) is 31.4 Å². The van der Waals surface area contributed by atoms with Gasteiger partial charge in [-0.2, -0.15) is 0 Å². The fourth-order valence-corrected chi connectivity index (χ4v) is 1.58. The summed E-state index contributed by atoms with van der Waals surface area (Å²) in [6.45, 7) is 3.27. The first-order valence-corrected chi connectivity index (χ1v) is 6.17. The highest BCUT2D eigenvalue weighted by molar-refractivity contribution is 5.92. The van der Waals surface area contributed by atoms with Gasteiger partial charge in [0.1, 0.15) is 6.29 Å². The third kappa shape index (κ3) is 4.37. The van der Waals surface area contributed by atoms with E-state index in [0.717, 1.165) is 18.4 Å². The lowest BCUT2D eigenvalue weighted by molar-refractivity contribution is 0.112. The Morgan fingerprint density at radius 2 is 1.95 bits per heavy atom. The maximum Gasteiger partial charge on any atom is 0.321 e. The second kappa shape index (κ2) is 6.89. The van der Waals surface area contributed by atoms with E-state index in [0.29, 0.717) is 17.8 Å². The smallest absolute Gasteiger partial charge is 0.321 e. The van der Waals surface area contributed by atoms with E-state index in [1.165, 1.54) is 0 Å². The monoisotopic (exact) mass is 263 g/mol. The molecule has 0 unspecified atom stereocenters. The van der Waals surface area contributed by atoms with Crippen molar-refractivity contribution in [2.75, 3.05) is 39.5 Å². The van der Waals surface area contributed by atoms with Crippen molar-refractivity contribution in [2.24, 2.45) is 0 Å². The van der Waals surface area contributed by atoms with Crippen LogP contribution in [0, 0.1) is 6.92 Å². The summed E-state index contributed by atoms with van der Waals surface area (Å²) in [4.78, 5) is 26.5. The first-order chi connectivity index (χ1) is 8.95. The van der Waals surface area contributed by atoms with Gasteiger partial charge in [0.2, 0.25) is 0 Å². The highest BCUT2D eigenvalue weighted by Crippen LogP contribution is 2.17. The number of likely N-dealkylation sites (N-methyl/N-ethyl adjacent to an activating group) is 2. The van der Waals surface area contributed by atoms with Gasteiger partial charge < -0.3 is 15.1 Å². The highest BCUT2D eigenvalue weighted by Gasteiger charge is 2.11. The van der Waals surface area contributed by atoms with Gasteiger partial charge in [-0.15, -0.1) is 0 Å². The van der Waals surface area contributed by atoms with E-state index in [4.69, 9.17) is 0 Å². The average molecular weight is 263 g/mol. The number of hydrogen-bond donors (Lipinski definition) is 1. The average Bonchev–Trinajstić information content (AvgIpc) is 2.38. The number of amides is 2. The molecule has 0 bridgehead atoms. The Bertz CT molecular complexity index is 458. The van der Waals surface area contributed by atoms with Crippen molar-refractivity contribution in [1.29, 1.82) is 0 Å². The van der Waals surface area contributed by atoms with Crippen molar-refractivity contribution >= 4 is 18.0 Å². The van der Waals surface area contributed by atoms with Crippen LogP contribution >= 0.6 is 0 Å². The minimum Gasteiger partial charge on any atom is -0.326 e. The Morgan fingerprint density at radius 1 is 1.26 bits per heavy atom. The standard InChI is InChI=1S/C14H21N3O2/c1-11-12(10-18)6-5-7-13(11)15-14(19)17(4)9-8-16(2)3/h5-7,10H,8-9H2,1-4H3,(H,15,19). The van der Waals surface area contributed by atoms with E-state index in [2.05, 4.69) is 5.32 Å². The highest BCUT2D eigenvalue weighted by atomic mass is 16.2. The van der Waals surface area contributed by atoms with Crippen molar-refractivity contribution in [3.8, 4) is 0 Å². The van der Waals surface area contributed by atoms with Gasteiger partial charge in [-0.1, -0.05) is 12.1 Å². The van der Waals surface area contributed by atoms with Gasteiger partial charge in [0.25, 0.3) is 0 Å². The second-order valence-corrected chi connectivity index (χ2v) is 4.79. The molecular formula is C14H21N3O2. The zero-order valence-electron chi connectivity index (χ0n) is 11.9. The Balaban J connectivity index is 2.69. The molecule has 1 N–H and O–H groups in total. The summed E-state index contributed by atoms with van der Waals surface area (Å²) in [6, 6.07) is 5.10. The third-order valence-corrected chi connectivity index (χ3v) is 2.97. The molecule has 0 atom stereocenters. The fourth-order valence-electron chi connectivity index (χ4n) is 1.58. The zero-order valence-corrected chi connectivity index (χ0v) is 11.9. The van der Waals surface area contributed by atoms with Gasteiger partial charge in [-0.25, -0.2) is 4.79 Å². The van der Waals surface area contributed by atoms with E-state index in [1.807, 2.05) is 25.9 Å². The molecule has 0 saturated heterocycles. The number of urea groups is 1. The van der Waals surface area contributed by atoms with Crippen LogP contribution in [0.1, 0.15) is 15.9 Å². The molecule has 5 heteroatoms. The van der Waals surface area contributed by atoms with Crippen LogP contribution in [0.15, 0.2) is 18.2 Å². The number of nitrogens with one attached hydrogen (secondary N) is 1. The lowest BCUT2D eigenvalue weighted by Gasteiger charge is -2.21. The summed E-state index contributed by atoms with van der Waals surface area (Å²) in [5.74, 6) is 0. The largest absolute Gasteiger partial charge is 0.326 e. The molecular weight excluding hydrogens is 242 g/mol. The van der Waals surface area contributed by atoms with Crippen molar-refractivity contribution in [3.05, 3.63) is 29.3 Å². The number of carbonyl (C=O) groups is 2. The molecule has 1 aromatic carbocycles. The molecule has 1 aromatic rings. The van der Waals surface area contributed by atoms with Gasteiger partial charge in [-0.3, -0.25) is 4.79 Å². The van der Waals surface area contributed by atoms with Crippen LogP contribution in [0.4, 0.5) is 10.5 Å². The molecule has 1 rings (SSSR count). The van der Waals surface area contributed by atoms with E-state index >= 15 is 0 Å². The predicted octanol–water partition coefficient (Wildman–Crippen LogP) is 1.83. The van der Waals surface area contributed by atoms with E-state index in [9.17, 15) is 9.59 Å². The van der Waals surface area contributed by atoms with Crippen molar-refractivity contribution in [1.82, 2.24) is 9.80 Å². The molecule has 0 saturated carbocycles. The van der Waals surface area contributed by atoms with Crippen molar-refractivity contribution in [2.45, 2.75) is 6.92 Å². The number of hydrogen-bond acceptors (Lipinski definition) is 3. The Hall–Kier alpha value is -1.88. The Morgan fingerprint density at radius 3 is 2.53 bits per heavy atom. The molecule has 0 fully saturated rings. The van der Waals surface area contributed by atoms with Crippen LogP contribution < -0.4 is 5.32 Å². The predicted molar refractivity (Wildman–Crippen MR) is 76.8 cm³/mol. The maximum absolute atomic E-state index is 12.0. The molecule has 0 radical (unpaired) electrons. The van der Waals surface area contributed by atoms with E-state index in [1.54, 1.807) is 30.1 Å². The summed E-state index contributed by atoms with van der Waals surface area (Å²) in [6.07, 6.45) is 0.792. The molecule has 0 heterocycles. The molecule has 0 spiro atoms. The lowest BCUT2D eigenvalue weighted by atomic mass is 10.1. The molecule has 5 nitrogen and oxygen atoms in total. The summed E-state index contributed by atoms with van der Waals surface area (Å²) in [5.41, 5.74) is 2.05. The van der Waals surface area contributed by atoms with Gasteiger partial charge in [-0.05, 0) is 32.6 Å². The molecule has 0 aliphatic carbocycles. The van der Waals surface area contributed by atoms with E-state index in [-0.39, 0.29) is 6.03 Å². The number of rotatable bonds is 5. The minimum absolute atomic E-state index is 0.173. The van der Waals surface area contributed by atoms with Crippen molar-refractivity contribution < 1.29 is 9.59 Å². The van der Waals surface area contributed by atoms with Crippen molar-refractivity contribution in [3.63, 3.8) is 0 Å². The second-order valence-electron chi connectivity index (χ2n) is 4.79. The normalized spacial score (nSPS) is 10.4.